The molecule has 0 aliphatic rings. The molecule has 7 heteroatoms. The number of benzene rings is 1. The average Bonchev–Trinajstić information content (AvgIpc) is 2.85. The van der Waals surface area contributed by atoms with Gasteiger partial charge in [-0.3, -0.25) is 4.40 Å². The first kappa shape index (κ1) is 12.9. The van der Waals surface area contributed by atoms with E-state index in [0.717, 1.165) is 16.7 Å². The summed E-state index contributed by atoms with van der Waals surface area (Å²) in [5.74, 6) is 0. The van der Waals surface area contributed by atoms with E-state index in [-0.39, 0.29) is 11.2 Å². The summed E-state index contributed by atoms with van der Waals surface area (Å²) in [6.07, 6.45) is -3.64. The predicted octanol–water partition coefficient (Wildman–Crippen LogP) is 3.61. The molecule has 0 fully saturated rings. The summed E-state index contributed by atoms with van der Waals surface area (Å²) >= 11 is 0. The van der Waals surface area contributed by atoms with Crippen LogP contribution in [-0.2, 0) is 6.18 Å². The van der Waals surface area contributed by atoms with Crippen molar-refractivity contribution in [3.63, 3.8) is 0 Å². The van der Waals surface area contributed by atoms with Crippen LogP contribution in [0.15, 0.2) is 51.8 Å². The average molecular weight is 304 g/mol. The summed E-state index contributed by atoms with van der Waals surface area (Å²) in [6, 6.07) is 8.93. The maximum Gasteiger partial charge on any atom is 0.417 e. The van der Waals surface area contributed by atoms with Gasteiger partial charge in [0, 0.05) is 11.6 Å². The molecule has 1 aromatic carbocycles. The first-order valence-corrected chi connectivity index (χ1v) is 6.36. The third-order valence-electron chi connectivity index (χ3n) is 3.48. The monoisotopic (exact) mass is 304 g/mol. The van der Waals surface area contributed by atoms with E-state index in [1.807, 2.05) is 0 Å². The lowest BCUT2D eigenvalue weighted by Crippen LogP contribution is -2.08. The molecule has 0 amide bonds. The van der Waals surface area contributed by atoms with Gasteiger partial charge in [0.1, 0.15) is 16.7 Å². The number of fused-ring (bicyclic) bond motifs is 5. The van der Waals surface area contributed by atoms with Crippen LogP contribution in [0.1, 0.15) is 5.56 Å². The van der Waals surface area contributed by atoms with E-state index in [2.05, 4.69) is 4.98 Å². The molecule has 3 aromatic heterocycles. The normalized spacial score (nSPS) is 12.5. The lowest BCUT2D eigenvalue weighted by Gasteiger charge is -2.06. The number of hydrogen-bond acceptors (Lipinski definition) is 3. The molecule has 22 heavy (non-hydrogen) atoms. The molecule has 110 valence electrons. The van der Waals surface area contributed by atoms with Gasteiger partial charge in [-0.05, 0) is 24.3 Å². The van der Waals surface area contributed by atoms with Crippen molar-refractivity contribution in [2.45, 2.75) is 6.18 Å². The number of para-hydroxylation sites is 1. The van der Waals surface area contributed by atoms with Gasteiger partial charge < -0.3 is 4.42 Å². The molecule has 0 aliphatic heterocycles. The lowest BCUT2D eigenvalue weighted by atomic mass is 10.2. The quantitative estimate of drug-likeness (QED) is 0.466. The number of imidazole rings is 1. The number of halogens is 3. The van der Waals surface area contributed by atoms with Crippen LogP contribution in [0.25, 0.3) is 27.6 Å². The Labute approximate surface area is 120 Å². The molecule has 4 nitrogen and oxygen atoms in total. The second kappa shape index (κ2) is 4.09. The first-order valence-electron chi connectivity index (χ1n) is 6.36. The molecule has 0 saturated carbocycles. The summed E-state index contributed by atoms with van der Waals surface area (Å²) < 4.78 is 44.8. The number of pyridine rings is 1. The van der Waals surface area contributed by atoms with Crippen LogP contribution in [0, 0.1) is 0 Å². The molecule has 0 N–H and O–H groups in total. The van der Waals surface area contributed by atoms with Crippen LogP contribution in [0.2, 0.25) is 0 Å². The summed E-state index contributed by atoms with van der Waals surface area (Å²) in [5.41, 5.74) is -0.649. The molecule has 0 unspecified atom stereocenters. The van der Waals surface area contributed by atoms with Crippen LogP contribution in [0.4, 0.5) is 13.2 Å². The smallest absolute Gasteiger partial charge is 0.417 e. The van der Waals surface area contributed by atoms with E-state index in [9.17, 15) is 18.0 Å². The highest BCUT2D eigenvalue weighted by Crippen LogP contribution is 2.30. The van der Waals surface area contributed by atoms with E-state index in [4.69, 9.17) is 4.42 Å². The number of alkyl halides is 3. The number of aromatic nitrogens is 2. The van der Waals surface area contributed by atoms with Crippen molar-refractivity contribution >= 4 is 27.6 Å². The summed E-state index contributed by atoms with van der Waals surface area (Å²) in [4.78, 5) is 16.4. The second-order valence-electron chi connectivity index (χ2n) is 4.84. The van der Waals surface area contributed by atoms with Gasteiger partial charge in [-0.15, -0.1) is 0 Å². The Bertz CT molecular complexity index is 1090. The zero-order valence-corrected chi connectivity index (χ0v) is 10.9. The molecule has 0 saturated heterocycles. The maximum atomic E-state index is 12.8. The Morgan fingerprint density at radius 2 is 1.86 bits per heavy atom. The fraction of sp³-hybridized carbons (Fsp3) is 0.0667. The minimum Gasteiger partial charge on any atom is -0.421 e. The maximum absolute atomic E-state index is 12.8. The highest BCUT2D eigenvalue weighted by atomic mass is 19.4. The van der Waals surface area contributed by atoms with Crippen molar-refractivity contribution in [2.75, 3.05) is 0 Å². The van der Waals surface area contributed by atoms with Gasteiger partial charge in [-0.1, -0.05) is 12.1 Å². The summed E-state index contributed by atoms with van der Waals surface area (Å²) in [7, 11) is 0. The Morgan fingerprint density at radius 3 is 2.64 bits per heavy atom. The third-order valence-corrected chi connectivity index (χ3v) is 3.48. The van der Waals surface area contributed by atoms with Crippen LogP contribution in [-0.4, -0.2) is 9.38 Å². The van der Waals surface area contributed by atoms with Crippen molar-refractivity contribution < 1.29 is 17.6 Å². The van der Waals surface area contributed by atoms with Crippen molar-refractivity contribution in [2.24, 2.45) is 0 Å². The van der Waals surface area contributed by atoms with Crippen LogP contribution >= 0.6 is 0 Å². The number of nitrogens with zero attached hydrogens (tertiary/aromatic N) is 2. The molecular weight excluding hydrogens is 297 g/mol. The fourth-order valence-corrected chi connectivity index (χ4v) is 2.49. The van der Waals surface area contributed by atoms with Gasteiger partial charge in [0.25, 0.3) is 0 Å². The van der Waals surface area contributed by atoms with Gasteiger partial charge >= 0.3 is 11.8 Å². The van der Waals surface area contributed by atoms with E-state index in [1.165, 1.54) is 6.07 Å². The van der Waals surface area contributed by atoms with Gasteiger partial charge in [0.15, 0.2) is 5.52 Å². The van der Waals surface area contributed by atoms with E-state index in [0.29, 0.717) is 16.5 Å². The lowest BCUT2D eigenvalue weighted by molar-refractivity contribution is -0.137. The van der Waals surface area contributed by atoms with Crippen molar-refractivity contribution in [1.82, 2.24) is 9.38 Å². The topological polar surface area (TPSA) is 47.5 Å². The van der Waals surface area contributed by atoms with Crippen LogP contribution in [0.5, 0.6) is 0 Å². The van der Waals surface area contributed by atoms with Crippen molar-refractivity contribution in [3.8, 4) is 0 Å². The largest absolute Gasteiger partial charge is 0.421 e. The molecular formula is C15H7F3N2O2. The minimum atomic E-state index is -4.50. The van der Waals surface area contributed by atoms with Crippen molar-refractivity contribution in [1.29, 1.82) is 0 Å². The Balaban J connectivity index is 2.22. The molecule has 3 heterocycles. The molecule has 0 bridgehead atoms. The first-order chi connectivity index (χ1) is 10.4. The van der Waals surface area contributed by atoms with E-state index in [1.54, 1.807) is 24.3 Å². The van der Waals surface area contributed by atoms with Gasteiger partial charge in [-0.2, -0.15) is 13.2 Å². The van der Waals surface area contributed by atoms with Gasteiger partial charge in [0.05, 0.1) is 5.56 Å². The van der Waals surface area contributed by atoms with E-state index >= 15 is 0 Å². The van der Waals surface area contributed by atoms with Crippen LogP contribution < -0.4 is 5.63 Å². The minimum absolute atomic E-state index is 0.000185. The molecule has 0 atom stereocenters. The third kappa shape index (κ3) is 1.71. The highest BCUT2D eigenvalue weighted by Gasteiger charge is 2.31. The standard InChI is InChI=1S/C15H7F3N2O2/c16-15(17,18)8-5-6-11-19-12-9-3-1-2-4-10(9)22-14(21)13(12)20(11)7-8/h1-7H. The molecule has 0 aliphatic carbocycles. The summed E-state index contributed by atoms with van der Waals surface area (Å²) in [5, 5.41) is 0.578. The van der Waals surface area contributed by atoms with Gasteiger partial charge in [0.2, 0.25) is 0 Å². The highest BCUT2D eigenvalue weighted by molar-refractivity contribution is 6.02. The second-order valence-corrected chi connectivity index (χ2v) is 4.84. The van der Waals surface area contributed by atoms with Gasteiger partial charge in [-0.25, -0.2) is 9.78 Å². The number of hydrogen-bond donors (Lipinski definition) is 0. The number of rotatable bonds is 0. The molecule has 4 rings (SSSR count). The Hall–Kier alpha value is -2.83. The van der Waals surface area contributed by atoms with Crippen LogP contribution in [0.3, 0.4) is 0 Å². The zero-order chi connectivity index (χ0) is 15.5. The zero-order valence-electron chi connectivity index (χ0n) is 10.9. The van der Waals surface area contributed by atoms with E-state index < -0.39 is 17.4 Å². The van der Waals surface area contributed by atoms with Crippen molar-refractivity contribution in [3.05, 3.63) is 58.6 Å². The summed E-state index contributed by atoms with van der Waals surface area (Å²) in [6.45, 7) is 0. The molecule has 4 aromatic rings. The Morgan fingerprint density at radius 1 is 1.09 bits per heavy atom. The Kier molecular flexibility index (Phi) is 2.40. The SMILES string of the molecule is O=c1oc2ccccc2c2nc3ccc(C(F)(F)F)cn3c12. The molecule has 0 radical (unpaired) electrons. The predicted molar refractivity (Wildman–Crippen MR) is 73.7 cm³/mol. The fourth-order valence-electron chi connectivity index (χ4n) is 2.49. The molecule has 0 spiro atoms.